The van der Waals surface area contributed by atoms with Gasteiger partial charge in [-0.25, -0.2) is 0 Å². The van der Waals surface area contributed by atoms with Crippen molar-refractivity contribution in [3.05, 3.63) is 48.0 Å². The number of carbonyl (C=O) groups excluding carboxylic acids is 1. The first kappa shape index (κ1) is 25.3. The highest BCUT2D eigenvalue weighted by atomic mass is 32.2. The van der Waals surface area contributed by atoms with Gasteiger partial charge in [0.1, 0.15) is 12.2 Å². The maximum absolute atomic E-state index is 13.2. The number of hydrogen-bond donors (Lipinski definition) is 0. The van der Waals surface area contributed by atoms with Crippen LogP contribution in [0.4, 0.5) is 0 Å². The molecule has 3 aliphatic rings. The third-order valence-corrected chi connectivity index (χ3v) is 9.75. The molecule has 2 aromatic rings. The lowest BCUT2D eigenvalue weighted by atomic mass is 9.90. The third-order valence-electron chi connectivity index (χ3n) is 7.71. The molecule has 0 unspecified atom stereocenters. The van der Waals surface area contributed by atoms with E-state index in [4.69, 9.17) is 4.74 Å². The summed E-state index contributed by atoms with van der Waals surface area (Å²) >= 11 is 0. The van der Waals surface area contributed by atoms with Crippen LogP contribution >= 0.6 is 0 Å². The van der Waals surface area contributed by atoms with E-state index < -0.39 is 10.2 Å². The zero-order chi connectivity index (χ0) is 25.0. The Morgan fingerprint density at radius 2 is 1.58 bits per heavy atom. The predicted molar refractivity (Wildman–Crippen MR) is 134 cm³/mol. The number of amides is 1. The average molecular weight is 517 g/mol. The van der Waals surface area contributed by atoms with Gasteiger partial charge in [0, 0.05) is 51.6 Å². The fraction of sp³-hybridized carbons (Fsp3) is 0.640. The highest BCUT2D eigenvalue weighted by Crippen LogP contribution is 2.27. The van der Waals surface area contributed by atoms with Gasteiger partial charge in [0.25, 0.3) is 10.2 Å². The molecular formula is C25H36N6O4S. The van der Waals surface area contributed by atoms with Crippen molar-refractivity contribution in [2.45, 2.75) is 38.6 Å². The molecule has 0 radical (unpaired) electrons. The lowest BCUT2D eigenvalue weighted by Gasteiger charge is -2.38. The molecule has 11 heteroatoms. The van der Waals surface area contributed by atoms with Gasteiger partial charge in [-0.1, -0.05) is 30.3 Å². The molecule has 1 amide bonds. The first-order valence-corrected chi connectivity index (χ1v) is 14.4. The SMILES string of the molecule is O=C(C1CCN(S(=O)(=O)N2CCOCC2)CC1)N1CCC(Cc2nncn2Cc2ccccc2)CC1. The molecule has 4 heterocycles. The predicted octanol–water partition coefficient (Wildman–Crippen LogP) is 1.40. The molecule has 3 aliphatic heterocycles. The Labute approximate surface area is 213 Å². The van der Waals surface area contributed by atoms with Gasteiger partial charge in [0.2, 0.25) is 5.91 Å². The van der Waals surface area contributed by atoms with Gasteiger partial charge in [-0.05, 0) is 37.2 Å². The number of ether oxygens (including phenoxy) is 1. The molecule has 3 saturated heterocycles. The fourth-order valence-electron chi connectivity index (χ4n) is 5.50. The van der Waals surface area contributed by atoms with Crippen LogP contribution in [0, 0.1) is 11.8 Å². The van der Waals surface area contributed by atoms with E-state index in [0.717, 1.165) is 44.7 Å². The van der Waals surface area contributed by atoms with E-state index >= 15 is 0 Å². The Morgan fingerprint density at radius 3 is 2.28 bits per heavy atom. The number of rotatable bonds is 7. The quantitative estimate of drug-likeness (QED) is 0.552. The highest BCUT2D eigenvalue weighted by Gasteiger charge is 2.37. The van der Waals surface area contributed by atoms with Gasteiger partial charge >= 0.3 is 0 Å². The molecule has 0 bridgehead atoms. The molecule has 0 aliphatic carbocycles. The maximum atomic E-state index is 13.2. The van der Waals surface area contributed by atoms with E-state index in [1.165, 1.54) is 9.87 Å². The largest absolute Gasteiger partial charge is 0.379 e. The number of carbonyl (C=O) groups is 1. The summed E-state index contributed by atoms with van der Waals surface area (Å²) in [5.41, 5.74) is 1.22. The summed E-state index contributed by atoms with van der Waals surface area (Å²) in [6.45, 7) is 4.77. The first-order chi connectivity index (χ1) is 17.5. The summed E-state index contributed by atoms with van der Waals surface area (Å²) in [5.74, 6) is 1.57. The van der Waals surface area contributed by atoms with Gasteiger partial charge in [-0.2, -0.15) is 17.0 Å². The van der Waals surface area contributed by atoms with Crippen molar-refractivity contribution >= 4 is 16.1 Å². The Kier molecular flexibility index (Phi) is 8.00. The summed E-state index contributed by atoms with van der Waals surface area (Å²) in [7, 11) is -3.47. The minimum Gasteiger partial charge on any atom is -0.379 e. The van der Waals surface area contributed by atoms with Crippen molar-refractivity contribution in [2.24, 2.45) is 11.8 Å². The Morgan fingerprint density at radius 1 is 0.917 bits per heavy atom. The van der Waals surface area contributed by atoms with Crippen molar-refractivity contribution < 1.29 is 17.9 Å². The van der Waals surface area contributed by atoms with Crippen molar-refractivity contribution in [3.63, 3.8) is 0 Å². The fourth-order valence-corrected chi connectivity index (χ4v) is 7.11. The molecule has 5 rings (SSSR count). The Bertz CT molecular complexity index is 1100. The lowest BCUT2D eigenvalue weighted by molar-refractivity contribution is -0.138. The van der Waals surface area contributed by atoms with Gasteiger partial charge in [0.05, 0.1) is 19.8 Å². The molecule has 0 spiro atoms. The minimum absolute atomic E-state index is 0.0911. The summed E-state index contributed by atoms with van der Waals surface area (Å²) < 4.78 is 36.2. The van der Waals surface area contributed by atoms with E-state index in [1.54, 1.807) is 10.6 Å². The van der Waals surface area contributed by atoms with Crippen LogP contribution in [0.3, 0.4) is 0 Å². The molecule has 0 atom stereocenters. The molecule has 196 valence electrons. The summed E-state index contributed by atoms with van der Waals surface area (Å²) in [4.78, 5) is 15.2. The molecule has 3 fully saturated rings. The number of likely N-dealkylation sites (tertiary alicyclic amines) is 1. The van der Waals surface area contributed by atoms with Gasteiger partial charge in [-0.15, -0.1) is 10.2 Å². The van der Waals surface area contributed by atoms with Crippen molar-refractivity contribution in [1.29, 1.82) is 0 Å². The second kappa shape index (κ2) is 11.4. The van der Waals surface area contributed by atoms with Crippen LogP contribution in [0.1, 0.15) is 37.1 Å². The van der Waals surface area contributed by atoms with Crippen molar-refractivity contribution in [2.75, 3.05) is 52.5 Å². The first-order valence-electron chi connectivity index (χ1n) is 13.0. The Balaban J connectivity index is 1.08. The number of morpholine rings is 1. The van der Waals surface area contributed by atoms with E-state index in [0.29, 0.717) is 58.2 Å². The number of hydrogen-bond acceptors (Lipinski definition) is 6. The van der Waals surface area contributed by atoms with E-state index in [2.05, 4.69) is 26.9 Å². The molecule has 1 aromatic heterocycles. The third kappa shape index (κ3) is 5.80. The van der Waals surface area contributed by atoms with Crippen LogP contribution in [0.25, 0.3) is 0 Å². The second-order valence-corrected chi connectivity index (χ2v) is 12.0. The highest BCUT2D eigenvalue weighted by molar-refractivity contribution is 7.86. The number of piperidine rings is 2. The second-order valence-electron chi connectivity index (χ2n) is 10.0. The molecular weight excluding hydrogens is 480 g/mol. The van der Waals surface area contributed by atoms with E-state index in [9.17, 15) is 13.2 Å². The Hall–Kier alpha value is -2.34. The monoisotopic (exact) mass is 516 g/mol. The molecule has 10 nitrogen and oxygen atoms in total. The lowest BCUT2D eigenvalue weighted by Crippen LogP contribution is -2.52. The van der Waals surface area contributed by atoms with Crippen LogP contribution in [0.5, 0.6) is 0 Å². The molecule has 1 aromatic carbocycles. The molecule has 36 heavy (non-hydrogen) atoms. The zero-order valence-corrected chi connectivity index (χ0v) is 21.6. The number of benzene rings is 1. The van der Waals surface area contributed by atoms with Crippen molar-refractivity contribution in [3.8, 4) is 0 Å². The van der Waals surface area contributed by atoms with Crippen molar-refractivity contribution in [1.82, 2.24) is 28.3 Å². The van der Waals surface area contributed by atoms with E-state index in [1.807, 2.05) is 23.1 Å². The summed E-state index contributed by atoms with van der Waals surface area (Å²) in [6.07, 6.45) is 5.75. The normalized spacial score (nSPS) is 21.6. The van der Waals surface area contributed by atoms with Gasteiger partial charge < -0.3 is 14.2 Å². The van der Waals surface area contributed by atoms with Crippen LogP contribution in [-0.2, 0) is 32.7 Å². The van der Waals surface area contributed by atoms with Crippen LogP contribution in [0.2, 0.25) is 0 Å². The number of nitrogens with zero attached hydrogens (tertiary/aromatic N) is 6. The summed E-state index contributed by atoms with van der Waals surface area (Å²) in [5, 5.41) is 8.50. The number of aromatic nitrogens is 3. The minimum atomic E-state index is -3.47. The zero-order valence-electron chi connectivity index (χ0n) is 20.7. The van der Waals surface area contributed by atoms with E-state index in [-0.39, 0.29) is 11.8 Å². The van der Waals surface area contributed by atoms with Gasteiger partial charge in [0.15, 0.2) is 0 Å². The average Bonchev–Trinajstić information content (AvgIpc) is 3.36. The van der Waals surface area contributed by atoms with Gasteiger partial charge in [-0.3, -0.25) is 4.79 Å². The molecule has 0 N–H and O–H groups in total. The topological polar surface area (TPSA) is 101 Å². The smallest absolute Gasteiger partial charge is 0.282 e. The van der Waals surface area contributed by atoms with Crippen LogP contribution in [-0.4, -0.2) is 95.1 Å². The molecule has 0 saturated carbocycles. The summed E-state index contributed by atoms with van der Waals surface area (Å²) in [6, 6.07) is 10.3. The maximum Gasteiger partial charge on any atom is 0.282 e. The standard InChI is InChI=1S/C25H36N6O4S/c32-25(23-8-12-30(13-9-23)36(33,34)31-14-16-35-17-15-31)28-10-6-21(7-11-28)18-24-27-26-20-29(24)19-22-4-2-1-3-5-22/h1-5,20-21,23H,6-19H2. The van der Waals surface area contributed by atoms with Crippen LogP contribution < -0.4 is 0 Å². The van der Waals surface area contributed by atoms with Crippen LogP contribution in [0.15, 0.2) is 36.7 Å².